The van der Waals surface area contributed by atoms with Gasteiger partial charge in [-0.2, -0.15) is 0 Å². The van der Waals surface area contributed by atoms with Crippen LogP contribution < -0.4 is 11.1 Å². The smallest absolute Gasteiger partial charge is 0.220 e. The van der Waals surface area contributed by atoms with Gasteiger partial charge in [0.15, 0.2) is 11.7 Å². The molecule has 0 aliphatic heterocycles. The molecule has 0 radical (unpaired) electrons. The first kappa shape index (κ1) is 26.0. The van der Waals surface area contributed by atoms with E-state index in [1.807, 2.05) is 0 Å². The number of benzene rings is 1. The predicted molar refractivity (Wildman–Crippen MR) is 115 cm³/mol. The summed E-state index contributed by atoms with van der Waals surface area (Å²) >= 11 is 12.1. The lowest BCUT2D eigenvalue weighted by Gasteiger charge is -2.16. The molecule has 3 N–H and O–H groups in total. The van der Waals surface area contributed by atoms with Crippen LogP contribution >= 0.6 is 48.0 Å². The van der Waals surface area contributed by atoms with Crippen molar-refractivity contribution < 1.29 is 9.21 Å². The van der Waals surface area contributed by atoms with Gasteiger partial charge in [0.1, 0.15) is 0 Å². The molecule has 0 fully saturated rings. The Bertz CT molecular complexity index is 710. The molecule has 2 rings (SSSR count). The Kier molecular flexibility index (Phi) is 12.8. The number of aryl methyl sites for hydroxylation is 1. The molecular weight excluding hydrogens is 432 g/mol. The fourth-order valence-electron chi connectivity index (χ4n) is 2.46. The highest BCUT2D eigenvalue weighted by molar-refractivity contribution is 6.36. The maximum Gasteiger partial charge on any atom is 0.220 e. The predicted octanol–water partition coefficient (Wildman–Crippen LogP) is 5.06. The average Bonchev–Trinajstić information content (AvgIpc) is 3.05. The van der Waals surface area contributed by atoms with Crippen molar-refractivity contribution in [2.45, 2.75) is 45.1 Å². The molecule has 1 heterocycles. The zero-order chi connectivity index (χ0) is 18.2. The van der Waals surface area contributed by atoms with Crippen LogP contribution in [0.5, 0.6) is 0 Å². The Hall–Kier alpha value is -0.980. The van der Waals surface area contributed by atoms with Crippen LogP contribution in [0.1, 0.15) is 38.5 Å². The number of amides is 1. The molecule has 27 heavy (non-hydrogen) atoms. The maximum absolute atomic E-state index is 12.0. The van der Waals surface area contributed by atoms with Gasteiger partial charge in [-0.05, 0) is 24.6 Å². The minimum atomic E-state index is -0.0455. The van der Waals surface area contributed by atoms with Crippen molar-refractivity contribution >= 4 is 53.9 Å². The lowest BCUT2D eigenvalue weighted by molar-refractivity contribution is -0.121. The standard InChI is InChI=1S/C18H23Cl2N3O2.2ClH/c1-2-3-4-13(10-21)23-17(24)7-8-18-22-11-16(25-18)14-6-5-12(19)9-15(14)20;;/h5-6,9,11,13H,2-4,7-8,10,21H2,1H3,(H,23,24);2*1H. The third-order valence-electron chi connectivity index (χ3n) is 3.87. The summed E-state index contributed by atoms with van der Waals surface area (Å²) in [5, 5.41) is 4.01. The molecule has 1 amide bonds. The van der Waals surface area contributed by atoms with E-state index in [2.05, 4.69) is 17.2 Å². The van der Waals surface area contributed by atoms with Gasteiger partial charge in [-0.1, -0.05) is 43.0 Å². The molecule has 0 aliphatic carbocycles. The number of halogens is 4. The van der Waals surface area contributed by atoms with Gasteiger partial charge in [0.2, 0.25) is 5.91 Å². The van der Waals surface area contributed by atoms with Crippen molar-refractivity contribution in [3.05, 3.63) is 40.3 Å². The Morgan fingerprint density at radius 3 is 2.70 bits per heavy atom. The monoisotopic (exact) mass is 455 g/mol. The molecule has 9 heteroatoms. The lowest BCUT2D eigenvalue weighted by atomic mass is 10.1. The second-order valence-corrected chi connectivity index (χ2v) is 6.73. The van der Waals surface area contributed by atoms with Crippen LogP contribution in [-0.4, -0.2) is 23.5 Å². The van der Waals surface area contributed by atoms with Gasteiger partial charge in [-0.3, -0.25) is 4.79 Å². The molecule has 1 unspecified atom stereocenters. The van der Waals surface area contributed by atoms with Crippen LogP contribution in [0.15, 0.2) is 28.8 Å². The number of carbonyl (C=O) groups excluding carboxylic acids is 1. The lowest BCUT2D eigenvalue weighted by Crippen LogP contribution is -2.40. The van der Waals surface area contributed by atoms with Gasteiger partial charge in [0.25, 0.3) is 0 Å². The number of rotatable bonds is 9. The maximum atomic E-state index is 12.0. The number of aromatic nitrogens is 1. The summed E-state index contributed by atoms with van der Waals surface area (Å²) in [6, 6.07) is 5.20. The molecule has 0 saturated heterocycles. The Labute approximate surface area is 182 Å². The van der Waals surface area contributed by atoms with Gasteiger partial charge in [-0.15, -0.1) is 24.8 Å². The zero-order valence-corrected chi connectivity index (χ0v) is 18.2. The fraction of sp³-hybridized carbons (Fsp3) is 0.444. The fourth-order valence-corrected chi connectivity index (χ4v) is 2.96. The van der Waals surface area contributed by atoms with E-state index in [4.69, 9.17) is 33.4 Å². The first-order chi connectivity index (χ1) is 12.0. The van der Waals surface area contributed by atoms with Crippen molar-refractivity contribution in [2.24, 2.45) is 5.73 Å². The summed E-state index contributed by atoms with van der Waals surface area (Å²) in [7, 11) is 0. The summed E-state index contributed by atoms with van der Waals surface area (Å²) in [5.41, 5.74) is 6.41. The molecule has 0 saturated carbocycles. The second-order valence-electron chi connectivity index (χ2n) is 5.88. The van der Waals surface area contributed by atoms with Gasteiger partial charge in [-0.25, -0.2) is 4.98 Å². The molecule has 1 atom stereocenters. The molecule has 1 aromatic carbocycles. The van der Waals surface area contributed by atoms with E-state index in [9.17, 15) is 4.79 Å². The van der Waals surface area contributed by atoms with Crippen LogP contribution in [0.4, 0.5) is 0 Å². The summed E-state index contributed by atoms with van der Waals surface area (Å²) < 4.78 is 5.69. The second kappa shape index (κ2) is 13.2. The highest BCUT2D eigenvalue weighted by Crippen LogP contribution is 2.30. The molecule has 2 aromatic rings. The third-order valence-corrected chi connectivity index (χ3v) is 4.42. The van der Waals surface area contributed by atoms with Gasteiger partial charge >= 0.3 is 0 Å². The van der Waals surface area contributed by atoms with Gasteiger partial charge in [0, 0.05) is 36.0 Å². The van der Waals surface area contributed by atoms with Crippen molar-refractivity contribution in [1.29, 1.82) is 0 Å². The first-order valence-electron chi connectivity index (χ1n) is 8.43. The Balaban J connectivity index is 0.00000338. The van der Waals surface area contributed by atoms with E-state index in [0.717, 1.165) is 24.8 Å². The van der Waals surface area contributed by atoms with Crippen molar-refractivity contribution in [3.8, 4) is 11.3 Å². The van der Waals surface area contributed by atoms with E-state index in [0.29, 0.717) is 41.1 Å². The number of hydrogen-bond acceptors (Lipinski definition) is 4. The van der Waals surface area contributed by atoms with Crippen LogP contribution in [-0.2, 0) is 11.2 Å². The number of nitrogens with one attached hydrogen (secondary N) is 1. The number of unbranched alkanes of at least 4 members (excludes halogenated alkanes) is 1. The van der Waals surface area contributed by atoms with E-state index in [1.54, 1.807) is 24.4 Å². The van der Waals surface area contributed by atoms with E-state index < -0.39 is 0 Å². The Morgan fingerprint density at radius 2 is 2.07 bits per heavy atom. The number of nitrogens with zero attached hydrogens (tertiary/aromatic N) is 1. The summed E-state index contributed by atoms with van der Waals surface area (Å²) in [4.78, 5) is 16.3. The molecule has 0 aliphatic rings. The quantitative estimate of drug-likeness (QED) is 0.552. The number of oxazole rings is 1. The first-order valence-corrected chi connectivity index (χ1v) is 9.18. The van der Waals surface area contributed by atoms with E-state index in [-0.39, 0.29) is 36.8 Å². The van der Waals surface area contributed by atoms with E-state index in [1.165, 1.54) is 0 Å². The minimum Gasteiger partial charge on any atom is -0.441 e. The highest BCUT2D eigenvalue weighted by Gasteiger charge is 2.14. The molecule has 5 nitrogen and oxygen atoms in total. The molecule has 0 bridgehead atoms. The number of hydrogen-bond donors (Lipinski definition) is 2. The normalized spacial score (nSPS) is 11.3. The summed E-state index contributed by atoms with van der Waals surface area (Å²) in [6.45, 7) is 2.56. The van der Waals surface area contributed by atoms with Crippen molar-refractivity contribution in [3.63, 3.8) is 0 Å². The third kappa shape index (κ3) is 8.28. The average molecular weight is 457 g/mol. The van der Waals surface area contributed by atoms with Crippen molar-refractivity contribution in [1.82, 2.24) is 10.3 Å². The molecule has 0 spiro atoms. The Morgan fingerprint density at radius 1 is 1.33 bits per heavy atom. The SMILES string of the molecule is CCCCC(CN)NC(=O)CCc1ncc(-c2ccc(Cl)cc2Cl)o1.Cl.Cl. The highest BCUT2D eigenvalue weighted by atomic mass is 35.5. The van der Waals surface area contributed by atoms with Crippen LogP contribution in [0.25, 0.3) is 11.3 Å². The van der Waals surface area contributed by atoms with Crippen LogP contribution in [0.2, 0.25) is 10.0 Å². The summed E-state index contributed by atoms with van der Waals surface area (Å²) in [6.07, 6.45) is 5.36. The van der Waals surface area contributed by atoms with E-state index >= 15 is 0 Å². The zero-order valence-electron chi connectivity index (χ0n) is 15.0. The summed E-state index contributed by atoms with van der Waals surface area (Å²) in [5.74, 6) is 1.00. The molecule has 152 valence electrons. The van der Waals surface area contributed by atoms with Gasteiger partial charge in [0.05, 0.1) is 11.2 Å². The molecular formula is C18H25Cl4N3O2. The minimum absolute atomic E-state index is 0. The number of nitrogens with two attached hydrogens (primary N) is 1. The van der Waals surface area contributed by atoms with Crippen LogP contribution in [0.3, 0.4) is 0 Å². The van der Waals surface area contributed by atoms with Crippen molar-refractivity contribution in [2.75, 3.05) is 6.54 Å². The van der Waals surface area contributed by atoms with Crippen LogP contribution in [0, 0.1) is 0 Å². The topological polar surface area (TPSA) is 81.1 Å². The largest absolute Gasteiger partial charge is 0.441 e. The van der Waals surface area contributed by atoms with Gasteiger partial charge < -0.3 is 15.5 Å². The molecule has 1 aromatic heterocycles. The number of carbonyl (C=O) groups is 1.